The fraction of sp³-hybridized carbons (Fsp3) is 0.368. The van der Waals surface area contributed by atoms with Crippen LogP contribution >= 0.6 is 45.8 Å². The predicted molar refractivity (Wildman–Crippen MR) is 113 cm³/mol. The molecule has 0 spiro atoms. The van der Waals surface area contributed by atoms with Crippen LogP contribution < -0.4 is 5.32 Å². The second kappa shape index (κ2) is 10.1. The van der Waals surface area contributed by atoms with Gasteiger partial charge in [-0.05, 0) is 28.2 Å². The van der Waals surface area contributed by atoms with Crippen molar-refractivity contribution in [2.45, 2.75) is 18.1 Å². The summed E-state index contributed by atoms with van der Waals surface area (Å²) in [5.41, 5.74) is 0.324. The normalized spacial score (nSPS) is 19.5. The molecule has 2 atom stereocenters. The van der Waals surface area contributed by atoms with Crippen LogP contribution in [0.1, 0.15) is 11.1 Å². The predicted octanol–water partition coefficient (Wildman–Crippen LogP) is 4.46. The number of benzene rings is 2. The summed E-state index contributed by atoms with van der Waals surface area (Å²) >= 11 is 14.8. The average molecular weight is 494 g/mol. The van der Waals surface area contributed by atoms with Crippen molar-refractivity contribution in [1.29, 1.82) is 0 Å². The third-order valence-corrected chi connectivity index (χ3v) is 4.95. The van der Waals surface area contributed by atoms with E-state index in [0.717, 1.165) is 17.7 Å². The van der Waals surface area contributed by atoms with Gasteiger partial charge in [0.2, 0.25) is 0 Å². The van der Waals surface area contributed by atoms with Gasteiger partial charge < -0.3 is 15.2 Å². The number of rotatable bonds is 4. The van der Waals surface area contributed by atoms with Crippen LogP contribution in [0.5, 0.6) is 0 Å². The van der Waals surface area contributed by atoms with E-state index in [1.54, 1.807) is 18.2 Å². The summed E-state index contributed by atoms with van der Waals surface area (Å²) in [6.07, 6.45) is -0.0759. The van der Waals surface area contributed by atoms with Crippen molar-refractivity contribution in [3.05, 3.63) is 69.7 Å². The number of hydrogen-bond donors (Lipinski definition) is 2. The van der Waals surface area contributed by atoms with Gasteiger partial charge in [0.05, 0.1) is 6.61 Å². The van der Waals surface area contributed by atoms with Gasteiger partial charge in [-0.15, -0.1) is 0 Å². The van der Waals surface area contributed by atoms with Crippen molar-refractivity contribution in [3.63, 3.8) is 0 Å². The fourth-order valence-electron chi connectivity index (χ4n) is 2.97. The lowest BCUT2D eigenvalue weighted by molar-refractivity contribution is -0.124. The Morgan fingerprint density at radius 2 is 1.76 bits per heavy atom. The Bertz CT molecular complexity index is 645. The van der Waals surface area contributed by atoms with Gasteiger partial charge in [-0.3, -0.25) is 0 Å². The maximum atomic E-state index is 11.5. The van der Waals surface area contributed by atoms with Crippen molar-refractivity contribution in [1.82, 2.24) is 5.32 Å². The molecule has 136 valence electrons. The maximum absolute atomic E-state index is 11.5. The van der Waals surface area contributed by atoms with Crippen LogP contribution in [0.15, 0.2) is 48.5 Å². The van der Waals surface area contributed by atoms with Crippen LogP contribution in [0.2, 0.25) is 10.0 Å². The summed E-state index contributed by atoms with van der Waals surface area (Å²) in [5.74, 6) is 0. The van der Waals surface area contributed by atoms with Crippen LogP contribution in [-0.4, -0.2) is 35.8 Å². The van der Waals surface area contributed by atoms with Crippen LogP contribution in [0.3, 0.4) is 0 Å². The fourth-order valence-corrected chi connectivity index (χ4v) is 3.50. The second-order valence-electron chi connectivity index (χ2n) is 5.73. The number of halogens is 3. The first kappa shape index (κ1) is 20.9. The zero-order valence-electron chi connectivity index (χ0n) is 14.0. The Labute approximate surface area is 172 Å². The molecule has 0 saturated carbocycles. The summed E-state index contributed by atoms with van der Waals surface area (Å²) < 4.78 is 5.85. The van der Waals surface area contributed by atoms with Gasteiger partial charge in [-0.25, -0.2) is 0 Å². The monoisotopic (exact) mass is 493 g/mol. The van der Waals surface area contributed by atoms with Gasteiger partial charge in [0.15, 0.2) is 0 Å². The third-order valence-electron chi connectivity index (χ3n) is 4.24. The lowest BCUT2D eigenvalue weighted by atomic mass is 9.82. The van der Waals surface area contributed by atoms with E-state index >= 15 is 0 Å². The van der Waals surface area contributed by atoms with Gasteiger partial charge in [-0.2, -0.15) is 0 Å². The van der Waals surface area contributed by atoms with E-state index in [1.165, 1.54) is 0 Å². The molecular formula is C19H22Cl2INO2. The van der Waals surface area contributed by atoms with Crippen molar-refractivity contribution in [3.8, 4) is 0 Å². The molecule has 0 amide bonds. The first-order chi connectivity index (χ1) is 12.1. The average Bonchev–Trinajstić information content (AvgIpc) is 2.68. The lowest BCUT2D eigenvalue weighted by Gasteiger charge is -2.39. The molecule has 1 aliphatic rings. The molecule has 2 aromatic rings. The summed E-state index contributed by atoms with van der Waals surface area (Å²) in [5, 5.41) is 15.9. The van der Waals surface area contributed by atoms with Crippen molar-refractivity contribution in [2.75, 3.05) is 24.6 Å². The topological polar surface area (TPSA) is 41.5 Å². The number of morpholine rings is 1. The summed E-state index contributed by atoms with van der Waals surface area (Å²) in [6.45, 7) is 1.93. The minimum atomic E-state index is -1.21. The molecule has 0 radical (unpaired) electrons. The van der Waals surface area contributed by atoms with E-state index < -0.39 is 5.60 Å². The molecule has 6 heteroatoms. The first-order valence-electron chi connectivity index (χ1n) is 8.02. The van der Waals surface area contributed by atoms with Crippen molar-refractivity contribution >= 4 is 45.8 Å². The molecule has 0 unspecified atom stereocenters. The van der Waals surface area contributed by atoms with E-state index in [2.05, 4.69) is 27.9 Å². The number of nitrogens with one attached hydrogen (secondary N) is 1. The Hall–Kier alpha value is -0.370. The Morgan fingerprint density at radius 3 is 2.32 bits per heavy atom. The van der Waals surface area contributed by atoms with Gasteiger partial charge in [0.25, 0.3) is 0 Å². The largest absolute Gasteiger partial charge is 0.382 e. The Kier molecular flexibility index (Phi) is 8.45. The Balaban J connectivity index is 0.00000109. The van der Waals surface area contributed by atoms with E-state index in [9.17, 15) is 5.11 Å². The molecule has 3 nitrogen and oxygen atoms in total. The molecule has 0 aromatic heterocycles. The number of alkyl halides is 1. The molecule has 2 N–H and O–H groups in total. The van der Waals surface area contributed by atoms with Gasteiger partial charge >= 0.3 is 0 Å². The van der Waals surface area contributed by atoms with E-state index in [0.29, 0.717) is 29.6 Å². The molecule has 1 saturated heterocycles. The van der Waals surface area contributed by atoms with Crippen LogP contribution in [0, 0.1) is 0 Å². The van der Waals surface area contributed by atoms with Crippen LogP contribution in [0.4, 0.5) is 0 Å². The van der Waals surface area contributed by atoms with Crippen molar-refractivity contribution < 1.29 is 9.84 Å². The van der Waals surface area contributed by atoms with Gasteiger partial charge in [-0.1, -0.05) is 82.2 Å². The summed E-state index contributed by atoms with van der Waals surface area (Å²) in [6, 6.07) is 14.9. The number of hydrogen-bond acceptors (Lipinski definition) is 3. The molecule has 2 aromatic carbocycles. The zero-order chi connectivity index (χ0) is 18.3. The summed E-state index contributed by atoms with van der Waals surface area (Å²) in [7, 11) is 0. The standard InChI is InChI=1S/C18H19Cl2NO2.CH3I/c19-15-7-4-8-16(20)14(15)11-18(22,13-5-2-1-3-6-13)17-12-21-9-10-23-17;1-2/h1-8,17,21-22H,9-12H2;1H3/t17-,18-;/m1./s1. The Morgan fingerprint density at radius 1 is 1.12 bits per heavy atom. The maximum Gasteiger partial charge on any atom is 0.121 e. The van der Waals surface area contributed by atoms with E-state index in [4.69, 9.17) is 27.9 Å². The number of ether oxygens (including phenoxy) is 1. The van der Waals surface area contributed by atoms with Crippen LogP contribution in [0.25, 0.3) is 0 Å². The molecule has 0 aliphatic carbocycles. The molecular weight excluding hydrogens is 472 g/mol. The molecule has 1 fully saturated rings. The van der Waals surface area contributed by atoms with Crippen LogP contribution in [-0.2, 0) is 16.8 Å². The molecule has 3 rings (SSSR count). The molecule has 0 bridgehead atoms. The van der Waals surface area contributed by atoms with E-state index in [1.807, 2.05) is 35.3 Å². The summed E-state index contributed by atoms with van der Waals surface area (Å²) in [4.78, 5) is 1.97. The lowest BCUT2D eigenvalue weighted by Crippen LogP contribution is -2.52. The van der Waals surface area contributed by atoms with Gasteiger partial charge in [0.1, 0.15) is 11.7 Å². The molecule has 25 heavy (non-hydrogen) atoms. The minimum Gasteiger partial charge on any atom is -0.382 e. The zero-order valence-corrected chi connectivity index (χ0v) is 17.7. The van der Waals surface area contributed by atoms with E-state index in [-0.39, 0.29) is 6.10 Å². The molecule has 1 heterocycles. The highest BCUT2D eigenvalue weighted by Crippen LogP contribution is 2.36. The van der Waals surface area contributed by atoms with Gasteiger partial charge in [0, 0.05) is 29.6 Å². The number of aliphatic hydroxyl groups is 1. The highest BCUT2D eigenvalue weighted by molar-refractivity contribution is 14.1. The highest BCUT2D eigenvalue weighted by atomic mass is 127. The molecule has 1 aliphatic heterocycles. The van der Waals surface area contributed by atoms with Crippen molar-refractivity contribution in [2.24, 2.45) is 0 Å². The smallest absolute Gasteiger partial charge is 0.121 e. The highest BCUT2D eigenvalue weighted by Gasteiger charge is 2.41. The quantitative estimate of drug-likeness (QED) is 0.488. The second-order valence-corrected chi connectivity index (χ2v) is 6.55. The minimum absolute atomic E-state index is 0.294. The third kappa shape index (κ3) is 5.08. The first-order valence-corrected chi connectivity index (χ1v) is 10.9. The SMILES string of the molecule is CI.O[C@](Cc1c(Cl)cccc1Cl)(c1ccccc1)[C@H]1CNCCO1.